The van der Waals surface area contributed by atoms with Crippen molar-refractivity contribution in [3.05, 3.63) is 53.5 Å². The molecule has 0 unspecified atom stereocenters. The Morgan fingerprint density at radius 1 is 1.00 bits per heavy atom. The average molecular weight is 548 g/mol. The third kappa shape index (κ3) is 5.70. The Bertz CT molecular complexity index is 1330. The maximum atomic E-state index is 14.2. The van der Waals surface area contributed by atoms with Gasteiger partial charge in [0.2, 0.25) is 17.7 Å². The summed E-state index contributed by atoms with van der Waals surface area (Å²) in [6.45, 7) is 5.22. The third-order valence-electron chi connectivity index (χ3n) is 8.19. The number of fused-ring (bicyclic) bond motifs is 1. The first-order valence-electron chi connectivity index (χ1n) is 13.9. The van der Waals surface area contributed by atoms with Crippen LogP contribution < -0.4 is 10.6 Å². The molecule has 39 heavy (non-hydrogen) atoms. The van der Waals surface area contributed by atoms with Gasteiger partial charge in [0.05, 0.1) is 22.3 Å². The maximum Gasteiger partial charge on any atom is 0.246 e. The number of thiazole rings is 1. The lowest BCUT2D eigenvalue weighted by Crippen LogP contribution is -2.57. The Morgan fingerprint density at radius 3 is 2.44 bits per heavy atom. The number of carbonyl (C=O) groups is 3. The molecule has 0 radical (unpaired) electrons. The standard InChI is InChI=1S/C30H37N5O3S/c1-19(31-3)28(37)32-26(22-14-17-34(18-15-22)20(2)36)30(38)35-16-8-12-24(35)29-33-27-23(11-7-13-25(27)39-29)21-9-5-4-6-10-21/h4-7,9-11,13,19,22,24,26,31H,8,12,14-18H2,1-3H3,(H,32,37)/t19-,24-,26-/m0/s1. The summed E-state index contributed by atoms with van der Waals surface area (Å²) < 4.78 is 1.11. The van der Waals surface area contributed by atoms with Gasteiger partial charge in [0.15, 0.2) is 0 Å². The Balaban J connectivity index is 1.42. The van der Waals surface area contributed by atoms with Crippen molar-refractivity contribution in [2.45, 2.75) is 57.7 Å². The lowest BCUT2D eigenvalue weighted by atomic mass is 9.88. The molecule has 8 nitrogen and oxygen atoms in total. The van der Waals surface area contributed by atoms with E-state index in [2.05, 4.69) is 41.0 Å². The van der Waals surface area contributed by atoms with Crippen LogP contribution in [0.15, 0.2) is 48.5 Å². The number of nitrogens with one attached hydrogen (secondary N) is 2. The van der Waals surface area contributed by atoms with E-state index in [0.717, 1.165) is 39.2 Å². The summed E-state index contributed by atoms with van der Waals surface area (Å²) in [5, 5.41) is 6.99. The molecule has 2 aliphatic rings. The molecule has 0 bridgehead atoms. The molecular weight excluding hydrogens is 510 g/mol. The fourth-order valence-electron chi connectivity index (χ4n) is 5.76. The molecule has 0 aliphatic carbocycles. The predicted molar refractivity (Wildman–Crippen MR) is 154 cm³/mol. The minimum Gasteiger partial charge on any atom is -0.343 e. The van der Waals surface area contributed by atoms with E-state index in [4.69, 9.17) is 4.98 Å². The minimum atomic E-state index is -0.628. The zero-order valence-corrected chi connectivity index (χ0v) is 23.7. The van der Waals surface area contributed by atoms with Crippen LogP contribution >= 0.6 is 11.3 Å². The summed E-state index contributed by atoms with van der Waals surface area (Å²) in [7, 11) is 1.74. The number of hydrogen-bond donors (Lipinski definition) is 2. The van der Waals surface area contributed by atoms with Gasteiger partial charge in [0, 0.05) is 32.1 Å². The van der Waals surface area contributed by atoms with Crippen molar-refractivity contribution in [3.63, 3.8) is 0 Å². The molecule has 3 aromatic rings. The van der Waals surface area contributed by atoms with Crippen molar-refractivity contribution >= 4 is 39.3 Å². The van der Waals surface area contributed by atoms with Crippen LogP contribution in [-0.2, 0) is 14.4 Å². The topological polar surface area (TPSA) is 94.6 Å². The van der Waals surface area contributed by atoms with Gasteiger partial charge in [0.1, 0.15) is 11.0 Å². The highest BCUT2D eigenvalue weighted by Crippen LogP contribution is 2.40. The van der Waals surface area contributed by atoms with Gasteiger partial charge in [-0.05, 0) is 57.2 Å². The normalized spacial score (nSPS) is 19.7. The number of nitrogens with zero attached hydrogens (tertiary/aromatic N) is 3. The Kier molecular flexibility index (Phi) is 8.28. The van der Waals surface area contributed by atoms with E-state index in [-0.39, 0.29) is 29.7 Å². The lowest BCUT2D eigenvalue weighted by molar-refractivity contribution is -0.140. The number of para-hydroxylation sites is 1. The smallest absolute Gasteiger partial charge is 0.246 e. The van der Waals surface area contributed by atoms with Crippen molar-refractivity contribution in [1.82, 2.24) is 25.4 Å². The van der Waals surface area contributed by atoms with Crippen LogP contribution in [0.2, 0.25) is 0 Å². The second-order valence-electron chi connectivity index (χ2n) is 10.6. The second kappa shape index (κ2) is 11.8. The highest BCUT2D eigenvalue weighted by molar-refractivity contribution is 7.18. The van der Waals surface area contributed by atoms with Gasteiger partial charge in [-0.25, -0.2) is 4.98 Å². The number of likely N-dealkylation sites (N-methyl/N-ethyl adjacent to an activating group) is 1. The SMILES string of the molecule is CN[C@@H](C)C(=O)N[C@H](C(=O)N1CCC[C@H]1c1nc2c(-c3ccccc3)cccc2s1)C1CCN(C(C)=O)CC1. The van der Waals surface area contributed by atoms with Crippen LogP contribution in [0.4, 0.5) is 0 Å². The molecule has 3 atom stereocenters. The van der Waals surface area contributed by atoms with E-state index in [1.165, 1.54) is 0 Å². The number of likely N-dealkylation sites (tertiary alicyclic amines) is 2. The average Bonchev–Trinajstić information content (AvgIpc) is 3.63. The Hall–Kier alpha value is -3.30. The molecule has 206 valence electrons. The van der Waals surface area contributed by atoms with Gasteiger partial charge >= 0.3 is 0 Å². The van der Waals surface area contributed by atoms with Crippen LogP contribution in [0.25, 0.3) is 21.3 Å². The number of aromatic nitrogens is 1. The van der Waals surface area contributed by atoms with E-state index >= 15 is 0 Å². The molecular formula is C30H37N5O3S. The summed E-state index contributed by atoms with van der Waals surface area (Å²) in [5.41, 5.74) is 3.18. The van der Waals surface area contributed by atoms with Crippen LogP contribution in [0.3, 0.4) is 0 Å². The maximum absolute atomic E-state index is 14.2. The van der Waals surface area contributed by atoms with E-state index in [1.807, 2.05) is 28.0 Å². The number of rotatable bonds is 7. The predicted octanol–water partition coefficient (Wildman–Crippen LogP) is 3.98. The third-order valence-corrected chi connectivity index (χ3v) is 9.31. The molecule has 2 aliphatic heterocycles. The van der Waals surface area contributed by atoms with E-state index in [1.54, 1.807) is 32.2 Å². The monoisotopic (exact) mass is 547 g/mol. The molecule has 0 saturated carbocycles. The summed E-state index contributed by atoms with van der Waals surface area (Å²) in [6, 6.07) is 15.4. The van der Waals surface area contributed by atoms with E-state index in [0.29, 0.717) is 32.5 Å². The molecule has 2 N–H and O–H groups in total. The fourth-order valence-corrected chi connectivity index (χ4v) is 6.91. The van der Waals surface area contributed by atoms with Gasteiger partial charge in [-0.2, -0.15) is 0 Å². The molecule has 2 aromatic carbocycles. The van der Waals surface area contributed by atoms with E-state index < -0.39 is 12.1 Å². The molecule has 2 saturated heterocycles. The number of carbonyl (C=O) groups excluding carboxylic acids is 3. The van der Waals surface area contributed by atoms with Crippen molar-refractivity contribution in [2.24, 2.45) is 5.92 Å². The largest absolute Gasteiger partial charge is 0.343 e. The Labute approximate surface area is 233 Å². The molecule has 3 amide bonds. The quantitative estimate of drug-likeness (QED) is 0.467. The van der Waals surface area contributed by atoms with Crippen LogP contribution in [0, 0.1) is 5.92 Å². The molecule has 2 fully saturated rings. The van der Waals surface area contributed by atoms with Crippen molar-refractivity contribution in [2.75, 3.05) is 26.7 Å². The highest BCUT2D eigenvalue weighted by atomic mass is 32.1. The summed E-state index contributed by atoms with van der Waals surface area (Å²) in [4.78, 5) is 47.8. The van der Waals surface area contributed by atoms with Crippen LogP contribution in [0.5, 0.6) is 0 Å². The second-order valence-corrected chi connectivity index (χ2v) is 11.7. The highest BCUT2D eigenvalue weighted by Gasteiger charge is 2.41. The lowest BCUT2D eigenvalue weighted by Gasteiger charge is -2.38. The van der Waals surface area contributed by atoms with E-state index in [9.17, 15) is 14.4 Å². The van der Waals surface area contributed by atoms with Gasteiger partial charge in [-0.1, -0.05) is 42.5 Å². The van der Waals surface area contributed by atoms with Crippen molar-refractivity contribution in [3.8, 4) is 11.1 Å². The zero-order chi connectivity index (χ0) is 27.5. The summed E-state index contributed by atoms with van der Waals surface area (Å²) in [6.07, 6.45) is 3.12. The molecule has 0 spiro atoms. The summed E-state index contributed by atoms with van der Waals surface area (Å²) in [5.74, 6) is -0.206. The van der Waals surface area contributed by atoms with Gasteiger partial charge in [-0.15, -0.1) is 11.3 Å². The Morgan fingerprint density at radius 2 is 1.74 bits per heavy atom. The van der Waals surface area contributed by atoms with Crippen molar-refractivity contribution in [1.29, 1.82) is 0 Å². The summed E-state index contributed by atoms with van der Waals surface area (Å²) >= 11 is 1.65. The zero-order valence-electron chi connectivity index (χ0n) is 22.9. The molecule has 5 rings (SSSR count). The van der Waals surface area contributed by atoms with Crippen molar-refractivity contribution < 1.29 is 14.4 Å². The minimum absolute atomic E-state index is 0.0255. The first-order valence-corrected chi connectivity index (χ1v) is 14.7. The van der Waals surface area contributed by atoms with Crippen LogP contribution in [-0.4, -0.2) is 71.3 Å². The van der Waals surface area contributed by atoms with Gasteiger partial charge < -0.3 is 20.4 Å². The fraction of sp³-hybridized carbons (Fsp3) is 0.467. The molecule has 9 heteroatoms. The number of piperidine rings is 1. The number of amides is 3. The molecule has 1 aromatic heterocycles. The van der Waals surface area contributed by atoms with Crippen LogP contribution in [0.1, 0.15) is 50.6 Å². The first-order chi connectivity index (χ1) is 18.9. The van der Waals surface area contributed by atoms with Gasteiger partial charge in [0.25, 0.3) is 0 Å². The number of benzene rings is 2. The first kappa shape index (κ1) is 27.3. The van der Waals surface area contributed by atoms with Gasteiger partial charge in [-0.3, -0.25) is 14.4 Å². The molecule has 3 heterocycles. The number of hydrogen-bond acceptors (Lipinski definition) is 6.